The Labute approximate surface area is 159 Å². The van der Waals surface area contributed by atoms with Crippen LogP contribution in [0.2, 0.25) is 0 Å². The Morgan fingerprint density at radius 2 is 1.67 bits per heavy atom. The Morgan fingerprint density at radius 1 is 1.07 bits per heavy atom. The molecule has 140 valence electrons. The van der Waals surface area contributed by atoms with Crippen molar-refractivity contribution in [3.63, 3.8) is 0 Å². The zero-order chi connectivity index (χ0) is 19.2. The number of H-pyrrole nitrogens is 1. The van der Waals surface area contributed by atoms with E-state index in [1.807, 2.05) is 0 Å². The van der Waals surface area contributed by atoms with E-state index < -0.39 is 5.63 Å². The average molecular weight is 388 g/mol. The van der Waals surface area contributed by atoms with E-state index in [-0.39, 0.29) is 16.7 Å². The van der Waals surface area contributed by atoms with E-state index in [0.717, 1.165) is 11.8 Å². The summed E-state index contributed by atoms with van der Waals surface area (Å²) in [4.78, 5) is 24.1. The number of nitrogens with zero attached hydrogens (tertiary/aromatic N) is 1. The number of carbonyl (C=O) groups excluding carboxylic acids is 1. The van der Waals surface area contributed by atoms with Gasteiger partial charge in [-0.1, -0.05) is 0 Å². The van der Waals surface area contributed by atoms with Gasteiger partial charge < -0.3 is 14.8 Å². The van der Waals surface area contributed by atoms with Gasteiger partial charge in [-0.25, -0.2) is 4.79 Å². The minimum atomic E-state index is -0.548. The number of hydrogen-bond acceptors (Lipinski definition) is 6. The van der Waals surface area contributed by atoms with Crippen molar-refractivity contribution in [1.29, 1.82) is 0 Å². The molecule has 3 aromatic rings. The van der Waals surface area contributed by atoms with Gasteiger partial charge in [-0.3, -0.25) is 9.32 Å². The molecule has 0 aliphatic rings. The predicted octanol–water partition coefficient (Wildman–Crippen LogP) is 1.99. The lowest BCUT2D eigenvalue weighted by Gasteiger charge is -2.05. The highest BCUT2D eigenvalue weighted by Crippen LogP contribution is 2.17. The van der Waals surface area contributed by atoms with Crippen LogP contribution in [0.1, 0.15) is 0 Å². The predicted molar refractivity (Wildman–Crippen MR) is 99.8 cm³/mol. The molecule has 0 atom stereocenters. The first-order valence-corrected chi connectivity index (χ1v) is 8.94. The van der Waals surface area contributed by atoms with Gasteiger partial charge in [0.25, 0.3) is 0 Å². The SMILES string of the molecule is COc1ccc(NC(=O)CSc2c(=O)o[nH][n+]2-c2ccc(OC)cc2)cc1. The van der Waals surface area contributed by atoms with E-state index in [0.29, 0.717) is 22.9 Å². The highest BCUT2D eigenvalue weighted by Gasteiger charge is 2.25. The molecular weight excluding hydrogens is 370 g/mol. The number of amides is 1. The van der Waals surface area contributed by atoms with Crippen molar-refractivity contribution in [2.75, 3.05) is 25.3 Å². The van der Waals surface area contributed by atoms with E-state index in [2.05, 4.69) is 10.6 Å². The van der Waals surface area contributed by atoms with Crippen molar-refractivity contribution in [1.82, 2.24) is 5.27 Å². The molecule has 27 heavy (non-hydrogen) atoms. The number of rotatable bonds is 7. The molecule has 1 heterocycles. The van der Waals surface area contributed by atoms with Crippen molar-refractivity contribution in [2.24, 2.45) is 0 Å². The maximum absolute atomic E-state index is 12.2. The summed E-state index contributed by atoms with van der Waals surface area (Å²) >= 11 is 1.08. The van der Waals surface area contributed by atoms with E-state index in [1.165, 1.54) is 4.68 Å². The standard InChI is InChI=1S/C18H17N3O5S/c1-24-14-7-3-12(4-8-14)19-16(22)11-27-17-18(23)26-20-21(17)13-5-9-15(25-2)10-6-13/h3-10H,11H2,1-2H3,(H-,19,20,22,23)/p+1. The summed E-state index contributed by atoms with van der Waals surface area (Å²) < 4.78 is 16.5. The number of benzene rings is 2. The number of thioether (sulfide) groups is 1. The molecule has 0 fully saturated rings. The van der Waals surface area contributed by atoms with Gasteiger partial charge in [0.05, 0.1) is 20.0 Å². The minimum absolute atomic E-state index is 0.0464. The molecule has 2 aromatic carbocycles. The molecule has 0 saturated carbocycles. The molecule has 0 spiro atoms. The molecule has 0 radical (unpaired) electrons. The molecular formula is C18H18N3O5S+. The van der Waals surface area contributed by atoms with E-state index in [1.54, 1.807) is 62.8 Å². The highest BCUT2D eigenvalue weighted by molar-refractivity contribution is 7.99. The molecule has 2 N–H and O–H groups in total. The van der Waals surface area contributed by atoms with Gasteiger partial charge in [-0.05, 0) is 58.1 Å². The first-order valence-electron chi connectivity index (χ1n) is 7.95. The van der Waals surface area contributed by atoms with Crippen molar-refractivity contribution in [3.05, 3.63) is 59.0 Å². The topological polar surface area (TPSA) is 97.4 Å². The van der Waals surface area contributed by atoms with Crippen LogP contribution in [0.5, 0.6) is 11.5 Å². The van der Waals surface area contributed by atoms with Crippen LogP contribution in [0.15, 0.2) is 62.9 Å². The monoisotopic (exact) mass is 388 g/mol. The third kappa shape index (κ3) is 4.50. The zero-order valence-corrected chi connectivity index (χ0v) is 15.5. The number of aromatic amines is 1. The Morgan fingerprint density at radius 3 is 2.26 bits per heavy atom. The summed E-state index contributed by atoms with van der Waals surface area (Å²) in [5.74, 6) is 1.20. The van der Waals surface area contributed by atoms with Gasteiger partial charge >= 0.3 is 10.7 Å². The molecule has 1 amide bonds. The fourth-order valence-electron chi connectivity index (χ4n) is 2.29. The summed E-state index contributed by atoms with van der Waals surface area (Å²) in [7, 11) is 3.15. The first kappa shape index (κ1) is 18.6. The molecule has 1 aromatic heterocycles. The number of ether oxygens (including phenoxy) is 2. The maximum atomic E-state index is 12.2. The smallest absolute Gasteiger partial charge is 0.442 e. The van der Waals surface area contributed by atoms with Crippen molar-refractivity contribution in [2.45, 2.75) is 5.03 Å². The molecule has 0 aliphatic carbocycles. The van der Waals surface area contributed by atoms with E-state index >= 15 is 0 Å². The summed E-state index contributed by atoms with van der Waals surface area (Å²) in [5, 5.41) is 5.57. The minimum Gasteiger partial charge on any atom is -0.497 e. The second-order valence-electron chi connectivity index (χ2n) is 5.38. The molecule has 0 unspecified atom stereocenters. The fraction of sp³-hybridized carbons (Fsp3) is 0.167. The number of hydrogen-bond donors (Lipinski definition) is 2. The number of nitrogens with one attached hydrogen (secondary N) is 2. The third-order valence-corrected chi connectivity index (χ3v) is 4.68. The second kappa shape index (κ2) is 8.45. The lowest BCUT2D eigenvalue weighted by molar-refractivity contribution is -0.704. The second-order valence-corrected chi connectivity index (χ2v) is 6.35. The Balaban J connectivity index is 1.67. The molecule has 0 saturated heterocycles. The summed E-state index contributed by atoms with van der Waals surface area (Å²) in [6, 6.07) is 14.0. The van der Waals surface area contributed by atoms with E-state index in [9.17, 15) is 9.59 Å². The van der Waals surface area contributed by atoms with Crippen LogP contribution < -0.4 is 25.1 Å². The Kier molecular flexibility index (Phi) is 5.82. The van der Waals surface area contributed by atoms with Gasteiger partial charge in [0.15, 0.2) is 0 Å². The molecule has 0 bridgehead atoms. The Hall–Kier alpha value is -3.20. The largest absolute Gasteiger partial charge is 0.497 e. The van der Waals surface area contributed by atoms with Gasteiger partial charge in [-0.2, -0.15) is 0 Å². The van der Waals surface area contributed by atoms with Crippen molar-refractivity contribution < 1.29 is 23.5 Å². The molecule has 8 nitrogen and oxygen atoms in total. The molecule has 0 aliphatic heterocycles. The van der Waals surface area contributed by atoms with Crippen LogP contribution >= 0.6 is 11.8 Å². The lowest BCUT2D eigenvalue weighted by Crippen LogP contribution is -2.36. The van der Waals surface area contributed by atoms with Crippen molar-refractivity contribution in [3.8, 4) is 17.2 Å². The average Bonchev–Trinajstić information content (AvgIpc) is 3.07. The summed E-state index contributed by atoms with van der Waals surface area (Å²) in [6.45, 7) is 0. The summed E-state index contributed by atoms with van der Waals surface area (Å²) in [6.07, 6.45) is 0. The lowest BCUT2D eigenvalue weighted by atomic mass is 10.3. The van der Waals surface area contributed by atoms with Crippen LogP contribution in [0.4, 0.5) is 5.69 Å². The van der Waals surface area contributed by atoms with Gasteiger partial charge in [0.1, 0.15) is 11.5 Å². The highest BCUT2D eigenvalue weighted by atomic mass is 32.2. The quantitative estimate of drug-likeness (QED) is 0.475. The number of aromatic nitrogens is 2. The van der Waals surface area contributed by atoms with Gasteiger partial charge in [0.2, 0.25) is 11.6 Å². The van der Waals surface area contributed by atoms with Crippen LogP contribution in [-0.4, -0.2) is 31.2 Å². The molecule has 3 rings (SSSR count). The van der Waals surface area contributed by atoms with Crippen LogP contribution in [-0.2, 0) is 4.79 Å². The van der Waals surface area contributed by atoms with Crippen molar-refractivity contribution >= 4 is 23.4 Å². The number of methoxy groups -OCH3 is 2. The Bertz CT molecular complexity index is 964. The van der Waals surface area contributed by atoms with Gasteiger partial charge in [-0.15, -0.1) is 0 Å². The third-order valence-electron chi connectivity index (χ3n) is 3.65. The fourth-order valence-corrected chi connectivity index (χ4v) is 3.06. The zero-order valence-electron chi connectivity index (χ0n) is 14.7. The van der Waals surface area contributed by atoms with E-state index in [4.69, 9.17) is 14.0 Å². The summed E-state index contributed by atoms with van der Waals surface area (Å²) in [5.41, 5.74) is 0.776. The number of carbonyl (C=O) groups is 1. The van der Waals surface area contributed by atoms with Crippen LogP contribution in [0.3, 0.4) is 0 Å². The normalized spacial score (nSPS) is 10.4. The number of anilines is 1. The van der Waals surface area contributed by atoms with Crippen LogP contribution in [0, 0.1) is 0 Å². The molecule has 9 heteroatoms. The van der Waals surface area contributed by atoms with Crippen LogP contribution in [0.25, 0.3) is 5.69 Å². The first-order chi connectivity index (χ1) is 13.1. The van der Waals surface area contributed by atoms with Gasteiger partial charge in [0, 0.05) is 17.8 Å². The maximum Gasteiger partial charge on any atom is 0.442 e.